The second-order valence-electron chi connectivity index (χ2n) is 7.25. The van der Waals surface area contributed by atoms with Crippen molar-refractivity contribution in [1.82, 2.24) is 20.4 Å². The molecule has 3 amide bonds. The maximum absolute atomic E-state index is 12.3. The molecule has 150 valence electrons. The molecular formula is C21H29N5O2. The van der Waals surface area contributed by atoms with Gasteiger partial charge in [0.05, 0.1) is 6.54 Å². The number of anilines is 1. The Morgan fingerprint density at radius 1 is 1.11 bits per heavy atom. The van der Waals surface area contributed by atoms with Gasteiger partial charge in [0.2, 0.25) is 5.91 Å². The number of hydrogen-bond acceptors (Lipinski definition) is 3. The summed E-state index contributed by atoms with van der Waals surface area (Å²) in [6.07, 6.45) is 10.4. The van der Waals surface area contributed by atoms with Gasteiger partial charge in [-0.15, -0.1) is 0 Å². The van der Waals surface area contributed by atoms with Crippen molar-refractivity contribution >= 4 is 17.6 Å². The van der Waals surface area contributed by atoms with E-state index < -0.39 is 0 Å². The van der Waals surface area contributed by atoms with Crippen molar-refractivity contribution in [3.63, 3.8) is 0 Å². The zero-order valence-corrected chi connectivity index (χ0v) is 16.2. The highest BCUT2D eigenvalue weighted by molar-refractivity contribution is 5.91. The fourth-order valence-electron chi connectivity index (χ4n) is 3.50. The molecule has 7 heteroatoms. The smallest absolute Gasteiger partial charge is 0.315 e. The van der Waals surface area contributed by atoms with Crippen LogP contribution in [0.15, 0.2) is 42.7 Å². The van der Waals surface area contributed by atoms with Crippen LogP contribution in [0.4, 0.5) is 10.5 Å². The summed E-state index contributed by atoms with van der Waals surface area (Å²) in [7, 11) is 0. The minimum atomic E-state index is -0.128. The third kappa shape index (κ3) is 6.40. The standard InChI is InChI=1S/C21H29N5O2/c27-20(12-6-13-22-21(28)24-18-9-2-1-3-10-18)25-19-11-5-4-8-17(19)16-26-15-7-14-23-26/h4-5,7-8,11,14-15,18H,1-3,6,9-10,12-13,16H2,(H,25,27)(H2,22,24,28). The molecule has 0 bridgehead atoms. The Morgan fingerprint density at radius 2 is 1.93 bits per heavy atom. The lowest BCUT2D eigenvalue weighted by atomic mass is 9.96. The number of nitrogens with zero attached hydrogens (tertiary/aromatic N) is 2. The Morgan fingerprint density at radius 3 is 2.71 bits per heavy atom. The van der Waals surface area contributed by atoms with E-state index in [2.05, 4.69) is 21.0 Å². The first-order chi connectivity index (χ1) is 13.7. The van der Waals surface area contributed by atoms with Gasteiger partial charge in [0, 0.05) is 37.1 Å². The minimum Gasteiger partial charge on any atom is -0.338 e. The normalized spacial score (nSPS) is 14.4. The molecule has 3 rings (SSSR count). The van der Waals surface area contributed by atoms with E-state index in [4.69, 9.17) is 0 Å². The molecule has 0 saturated heterocycles. The van der Waals surface area contributed by atoms with Gasteiger partial charge in [0.15, 0.2) is 0 Å². The number of hydrogen-bond donors (Lipinski definition) is 3. The van der Waals surface area contributed by atoms with Gasteiger partial charge < -0.3 is 16.0 Å². The highest BCUT2D eigenvalue weighted by atomic mass is 16.2. The van der Waals surface area contributed by atoms with Gasteiger partial charge in [0.1, 0.15) is 0 Å². The minimum absolute atomic E-state index is 0.0533. The fourth-order valence-corrected chi connectivity index (χ4v) is 3.50. The summed E-state index contributed by atoms with van der Waals surface area (Å²) in [6, 6.07) is 9.77. The molecule has 1 aliphatic carbocycles. The van der Waals surface area contributed by atoms with Crippen LogP contribution in [0.2, 0.25) is 0 Å². The summed E-state index contributed by atoms with van der Waals surface area (Å²) in [5.41, 5.74) is 1.80. The summed E-state index contributed by atoms with van der Waals surface area (Å²) >= 11 is 0. The molecule has 1 heterocycles. The third-order valence-corrected chi connectivity index (χ3v) is 4.99. The largest absolute Gasteiger partial charge is 0.338 e. The second-order valence-corrected chi connectivity index (χ2v) is 7.25. The van der Waals surface area contributed by atoms with E-state index in [1.54, 1.807) is 6.20 Å². The van der Waals surface area contributed by atoms with Crippen LogP contribution < -0.4 is 16.0 Å². The predicted molar refractivity (Wildman–Crippen MR) is 109 cm³/mol. The lowest BCUT2D eigenvalue weighted by molar-refractivity contribution is -0.116. The third-order valence-electron chi connectivity index (χ3n) is 4.99. The van der Waals surface area contributed by atoms with Gasteiger partial charge in [-0.1, -0.05) is 37.5 Å². The Labute approximate surface area is 165 Å². The molecule has 1 aromatic heterocycles. The molecule has 0 atom stereocenters. The number of aromatic nitrogens is 2. The quantitative estimate of drug-likeness (QED) is 0.611. The average Bonchev–Trinajstić information content (AvgIpc) is 3.21. The molecule has 28 heavy (non-hydrogen) atoms. The van der Waals surface area contributed by atoms with Crippen LogP contribution in [-0.2, 0) is 11.3 Å². The molecule has 0 spiro atoms. The van der Waals surface area contributed by atoms with E-state index in [0.717, 1.165) is 24.1 Å². The van der Waals surface area contributed by atoms with Gasteiger partial charge in [0.25, 0.3) is 0 Å². The highest BCUT2D eigenvalue weighted by Crippen LogP contribution is 2.17. The molecule has 3 N–H and O–H groups in total. The van der Waals surface area contributed by atoms with E-state index in [9.17, 15) is 9.59 Å². The van der Waals surface area contributed by atoms with E-state index in [-0.39, 0.29) is 11.9 Å². The monoisotopic (exact) mass is 383 g/mol. The van der Waals surface area contributed by atoms with Crippen molar-refractivity contribution in [3.8, 4) is 0 Å². The summed E-state index contributed by atoms with van der Waals surface area (Å²) < 4.78 is 1.82. The van der Waals surface area contributed by atoms with Crippen LogP contribution in [0.3, 0.4) is 0 Å². The number of carbonyl (C=O) groups is 2. The van der Waals surface area contributed by atoms with Gasteiger partial charge in [-0.2, -0.15) is 5.10 Å². The average molecular weight is 383 g/mol. The van der Waals surface area contributed by atoms with E-state index >= 15 is 0 Å². The zero-order chi connectivity index (χ0) is 19.6. The molecule has 0 radical (unpaired) electrons. The van der Waals surface area contributed by atoms with Gasteiger partial charge in [-0.25, -0.2) is 4.79 Å². The molecule has 0 unspecified atom stereocenters. The maximum atomic E-state index is 12.3. The van der Waals surface area contributed by atoms with Gasteiger partial charge >= 0.3 is 6.03 Å². The van der Waals surface area contributed by atoms with Crippen molar-refractivity contribution in [2.45, 2.75) is 57.5 Å². The zero-order valence-electron chi connectivity index (χ0n) is 16.2. The van der Waals surface area contributed by atoms with Gasteiger partial charge in [-0.3, -0.25) is 9.48 Å². The molecule has 2 aromatic rings. The Bertz CT molecular complexity index is 754. The number of amides is 3. The first-order valence-corrected chi connectivity index (χ1v) is 10.1. The van der Waals surface area contributed by atoms with E-state index in [1.165, 1.54) is 19.3 Å². The van der Waals surface area contributed by atoms with Crippen LogP contribution in [0.25, 0.3) is 0 Å². The van der Waals surface area contributed by atoms with Crippen LogP contribution in [0.5, 0.6) is 0 Å². The van der Waals surface area contributed by atoms with Crippen molar-refractivity contribution in [1.29, 1.82) is 0 Å². The number of benzene rings is 1. The molecule has 1 saturated carbocycles. The molecular weight excluding hydrogens is 354 g/mol. The molecule has 7 nitrogen and oxygen atoms in total. The van der Waals surface area contributed by atoms with Crippen LogP contribution in [0.1, 0.15) is 50.5 Å². The Balaban J connectivity index is 1.37. The van der Waals surface area contributed by atoms with Crippen molar-refractivity contribution < 1.29 is 9.59 Å². The number of para-hydroxylation sites is 1. The fraction of sp³-hybridized carbons (Fsp3) is 0.476. The lowest BCUT2D eigenvalue weighted by Crippen LogP contribution is -2.43. The first-order valence-electron chi connectivity index (χ1n) is 10.1. The van der Waals surface area contributed by atoms with E-state index in [0.29, 0.717) is 32.0 Å². The van der Waals surface area contributed by atoms with Crippen molar-refractivity contribution in [2.24, 2.45) is 0 Å². The van der Waals surface area contributed by atoms with Crippen LogP contribution in [-0.4, -0.2) is 34.3 Å². The predicted octanol–water partition coefficient (Wildman–Crippen LogP) is 3.28. The van der Waals surface area contributed by atoms with Crippen molar-refractivity contribution in [3.05, 3.63) is 48.3 Å². The van der Waals surface area contributed by atoms with E-state index in [1.807, 2.05) is 41.2 Å². The maximum Gasteiger partial charge on any atom is 0.315 e. The Kier molecular flexibility index (Phi) is 7.46. The summed E-state index contributed by atoms with van der Waals surface area (Å²) in [5, 5.41) is 13.0. The SMILES string of the molecule is O=C(CCCNC(=O)NC1CCCCC1)Nc1ccccc1Cn1cccn1. The first kappa shape index (κ1) is 19.9. The lowest BCUT2D eigenvalue weighted by Gasteiger charge is -2.22. The van der Waals surface area contributed by atoms with Gasteiger partial charge in [-0.05, 0) is 37.0 Å². The summed E-state index contributed by atoms with van der Waals surface area (Å²) in [6.45, 7) is 1.09. The topological polar surface area (TPSA) is 88.0 Å². The van der Waals surface area contributed by atoms with Crippen molar-refractivity contribution in [2.75, 3.05) is 11.9 Å². The Hall–Kier alpha value is -2.83. The molecule has 1 aliphatic rings. The number of urea groups is 1. The summed E-state index contributed by atoms with van der Waals surface area (Å²) in [5.74, 6) is -0.0533. The van der Waals surface area contributed by atoms with Crippen LogP contribution in [0, 0.1) is 0 Å². The van der Waals surface area contributed by atoms with Crippen LogP contribution >= 0.6 is 0 Å². The molecule has 1 aromatic carbocycles. The summed E-state index contributed by atoms with van der Waals surface area (Å²) in [4.78, 5) is 24.2. The number of nitrogens with one attached hydrogen (secondary N) is 3. The number of rotatable bonds is 8. The molecule has 1 fully saturated rings. The highest BCUT2D eigenvalue weighted by Gasteiger charge is 2.15. The number of carbonyl (C=O) groups excluding carboxylic acids is 2. The molecule has 0 aliphatic heterocycles. The second kappa shape index (κ2) is 10.5.